The molecule has 2 atom stereocenters. The SMILES string of the molecule is CC1=NC(SCC(N)=O)=C(C#N)[C@@H](c2ccncc2)C1C(=O)Nc1ccccc1. The molecule has 1 aromatic carbocycles. The minimum absolute atomic E-state index is 0.00123. The number of allylic oxidation sites excluding steroid dienone is 1. The lowest BCUT2D eigenvalue weighted by molar-refractivity contribution is -0.118. The summed E-state index contributed by atoms with van der Waals surface area (Å²) in [6.45, 7) is 1.75. The molecule has 3 N–H and O–H groups in total. The van der Waals surface area contributed by atoms with Gasteiger partial charge in [-0.2, -0.15) is 5.26 Å². The molecule has 0 spiro atoms. The number of hydrogen-bond donors (Lipinski definition) is 2. The van der Waals surface area contributed by atoms with Gasteiger partial charge in [-0.3, -0.25) is 14.6 Å². The predicted molar refractivity (Wildman–Crippen MR) is 113 cm³/mol. The zero-order chi connectivity index (χ0) is 20.8. The maximum Gasteiger partial charge on any atom is 0.234 e. The van der Waals surface area contributed by atoms with Gasteiger partial charge in [-0.15, -0.1) is 0 Å². The number of amides is 2. The first-order chi connectivity index (χ1) is 14.0. The Bertz CT molecular complexity index is 1010. The van der Waals surface area contributed by atoms with Crippen molar-refractivity contribution in [3.8, 4) is 6.07 Å². The van der Waals surface area contributed by atoms with E-state index in [1.807, 2.05) is 18.2 Å². The van der Waals surface area contributed by atoms with E-state index in [0.717, 1.165) is 17.3 Å². The second-order valence-electron chi connectivity index (χ2n) is 6.43. The number of benzene rings is 1. The number of nitrogens with two attached hydrogens (primary N) is 1. The van der Waals surface area contributed by atoms with Gasteiger partial charge in [0, 0.05) is 29.7 Å². The number of aromatic nitrogens is 1. The Morgan fingerprint density at radius 1 is 1.21 bits per heavy atom. The minimum atomic E-state index is -0.676. The van der Waals surface area contributed by atoms with Crippen LogP contribution in [0.15, 0.2) is 70.5 Å². The van der Waals surface area contributed by atoms with Gasteiger partial charge in [0.05, 0.1) is 23.3 Å². The first-order valence-corrected chi connectivity index (χ1v) is 9.86. The average Bonchev–Trinajstić information content (AvgIpc) is 2.72. The summed E-state index contributed by atoms with van der Waals surface area (Å²) >= 11 is 1.11. The lowest BCUT2D eigenvalue weighted by atomic mass is 9.77. The number of nitrogens with zero attached hydrogens (tertiary/aromatic N) is 3. The molecule has 146 valence electrons. The highest BCUT2D eigenvalue weighted by Gasteiger charge is 2.39. The minimum Gasteiger partial charge on any atom is -0.369 e. The Morgan fingerprint density at radius 3 is 2.52 bits per heavy atom. The molecular weight excluding hydrogens is 386 g/mol. The highest BCUT2D eigenvalue weighted by Crippen LogP contribution is 2.42. The van der Waals surface area contributed by atoms with Gasteiger partial charge in [0.1, 0.15) is 5.03 Å². The van der Waals surface area contributed by atoms with Gasteiger partial charge in [0.25, 0.3) is 0 Å². The second kappa shape index (κ2) is 9.17. The first kappa shape index (κ1) is 20.3. The van der Waals surface area contributed by atoms with E-state index in [2.05, 4.69) is 21.4 Å². The van der Waals surface area contributed by atoms with Crippen LogP contribution in [0.1, 0.15) is 18.4 Å². The standard InChI is InChI=1S/C21H19N5O2S/c1-13-18(20(28)26-15-5-3-2-4-6-15)19(14-7-9-24-10-8-14)16(11-22)21(25-13)29-12-17(23)27/h2-10,18-19H,12H2,1H3,(H2,23,27)(H,26,28)/t18?,19-/m1/s1. The van der Waals surface area contributed by atoms with Crippen LogP contribution in [-0.2, 0) is 9.59 Å². The lowest BCUT2D eigenvalue weighted by Crippen LogP contribution is -2.36. The summed E-state index contributed by atoms with van der Waals surface area (Å²) in [5.74, 6) is -1.98. The van der Waals surface area contributed by atoms with Crippen molar-refractivity contribution in [2.24, 2.45) is 16.6 Å². The molecule has 1 aromatic heterocycles. The maximum atomic E-state index is 13.2. The highest BCUT2D eigenvalue weighted by molar-refractivity contribution is 8.03. The van der Waals surface area contributed by atoms with E-state index in [1.165, 1.54) is 0 Å². The molecule has 0 saturated heterocycles. The lowest BCUT2D eigenvalue weighted by Gasteiger charge is -2.30. The predicted octanol–water partition coefficient (Wildman–Crippen LogP) is 2.85. The van der Waals surface area contributed by atoms with Gasteiger partial charge < -0.3 is 11.1 Å². The van der Waals surface area contributed by atoms with E-state index >= 15 is 0 Å². The van der Waals surface area contributed by atoms with Crippen molar-refractivity contribution in [3.63, 3.8) is 0 Å². The van der Waals surface area contributed by atoms with Gasteiger partial charge in [0.15, 0.2) is 0 Å². The fraction of sp³-hybridized carbons (Fsp3) is 0.190. The van der Waals surface area contributed by atoms with Crippen molar-refractivity contribution in [2.75, 3.05) is 11.1 Å². The van der Waals surface area contributed by atoms with Gasteiger partial charge in [-0.1, -0.05) is 30.0 Å². The number of hydrogen-bond acceptors (Lipinski definition) is 6. The molecule has 29 heavy (non-hydrogen) atoms. The summed E-state index contributed by atoms with van der Waals surface area (Å²) in [5.41, 5.74) is 7.58. The van der Waals surface area contributed by atoms with Crippen molar-refractivity contribution < 1.29 is 9.59 Å². The van der Waals surface area contributed by atoms with Crippen LogP contribution in [0.5, 0.6) is 0 Å². The van der Waals surface area contributed by atoms with Crippen molar-refractivity contribution >= 4 is 35.0 Å². The van der Waals surface area contributed by atoms with Gasteiger partial charge in [-0.05, 0) is 36.8 Å². The number of pyridine rings is 1. The number of nitriles is 1. The number of carbonyl (C=O) groups is 2. The normalized spacial score (nSPS) is 18.6. The molecular formula is C21H19N5O2S. The van der Waals surface area contributed by atoms with Crippen LogP contribution in [0.25, 0.3) is 0 Å². The van der Waals surface area contributed by atoms with Crippen LogP contribution in [0, 0.1) is 17.2 Å². The zero-order valence-corrected chi connectivity index (χ0v) is 16.5. The summed E-state index contributed by atoms with van der Waals surface area (Å²) in [5, 5.41) is 13.2. The molecule has 7 nitrogen and oxygen atoms in total. The third kappa shape index (κ3) is 4.70. The largest absolute Gasteiger partial charge is 0.369 e. The molecule has 2 heterocycles. The molecule has 0 aliphatic carbocycles. The number of nitrogens with one attached hydrogen (secondary N) is 1. The third-order valence-corrected chi connectivity index (χ3v) is 5.48. The third-order valence-electron chi connectivity index (χ3n) is 4.46. The molecule has 0 bridgehead atoms. The monoisotopic (exact) mass is 405 g/mol. The van der Waals surface area contributed by atoms with Crippen molar-refractivity contribution in [1.82, 2.24) is 4.98 Å². The Hall–Kier alpha value is -3.44. The van der Waals surface area contributed by atoms with Crippen molar-refractivity contribution in [1.29, 1.82) is 5.26 Å². The average molecular weight is 405 g/mol. The van der Waals surface area contributed by atoms with E-state index in [0.29, 0.717) is 22.0 Å². The number of para-hydroxylation sites is 1. The summed E-state index contributed by atoms with van der Waals surface area (Å²) in [6.07, 6.45) is 3.24. The fourth-order valence-corrected chi connectivity index (χ4v) is 4.03. The Morgan fingerprint density at radius 2 is 1.90 bits per heavy atom. The molecule has 1 aliphatic heterocycles. The summed E-state index contributed by atoms with van der Waals surface area (Å²) in [7, 11) is 0. The summed E-state index contributed by atoms with van der Waals surface area (Å²) in [4.78, 5) is 32.9. The molecule has 3 rings (SSSR count). The highest BCUT2D eigenvalue weighted by atomic mass is 32.2. The quantitative estimate of drug-likeness (QED) is 0.765. The van der Waals surface area contributed by atoms with Crippen LogP contribution < -0.4 is 11.1 Å². The van der Waals surface area contributed by atoms with E-state index in [-0.39, 0.29) is 11.7 Å². The molecule has 2 amide bonds. The molecule has 8 heteroatoms. The van der Waals surface area contributed by atoms with Crippen LogP contribution >= 0.6 is 11.8 Å². The molecule has 2 aromatic rings. The molecule has 1 unspecified atom stereocenters. The number of rotatable bonds is 6. The van der Waals surface area contributed by atoms with Gasteiger partial charge in [0.2, 0.25) is 11.8 Å². The number of thioether (sulfide) groups is 1. The smallest absolute Gasteiger partial charge is 0.234 e. The molecule has 1 aliphatic rings. The van der Waals surface area contributed by atoms with Crippen LogP contribution in [-0.4, -0.2) is 28.3 Å². The van der Waals surface area contributed by atoms with E-state index in [9.17, 15) is 14.9 Å². The van der Waals surface area contributed by atoms with Crippen molar-refractivity contribution in [3.05, 3.63) is 71.0 Å². The number of anilines is 1. The van der Waals surface area contributed by atoms with E-state index < -0.39 is 17.7 Å². The van der Waals surface area contributed by atoms with E-state index in [4.69, 9.17) is 5.73 Å². The van der Waals surface area contributed by atoms with Crippen LogP contribution in [0.3, 0.4) is 0 Å². The Labute approximate surface area is 172 Å². The van der Waals surface area contributed by atoms with E-state index in [1.54, 1.807) is 43.6 Å². The van der Waals surface area contributed by atoms with Gasteiger partial charge >= 0.3 is 0 Å². The maximum absolute atomic E-state index is 13.2. The second-order valence-corrected chi connectivity index (χ2v) is 7.39. The zero-order valence-electron chi connectivity index (χ0n) is 15.7. The van der Waals surface area contributed by atoms with Gasteiger partial charge in [-0.25, -0.2) is 4.99 Å². The van der Waals surface area contributed by atoms with Crippen LogP contribution in [0.2, 0.25) is 0 Å². The topological polar surface area (TPSA) is 121 Å². The Kier molecular flexibility index (Phi) is 6.42. The summed E-state index contributed by atoms with van der Waals surface area (Å²) < 4.78 is 0. The van der Waals surface area contributed by atoms with Crippen LogP contribution in [0.4, 0.5) is 5.69 Å². The molecule has 0 saturated carbocycles. The fourth-order valence-electron chi connectivity index (χ4n) is 3.21. The number of aliphatic imine (C=N–C) groups is 1. The van der Waals surface area contributed by atoms with Crippen molar-refractivity contribution in [2.45, 2.75) is 12.8 Å². The number of carbonyl (C=O) groups excluding carboxylic acids is 2. The number of primary amides is 1. The molecule has 0 fully saturated rings. The Balaban J connectivity index is 2.03. The molecule has 0 radical (unpaired) electrons. The summed E-state index contributed by atoms with van der Waals surface area (Å²) in [6, 6.07) is 14.9. The first-order valence-electron chi connectivity index (χ1n) is 8.87.